The van der Waals surface area contributed by atoms with E-state index in [-0.39, 0.29) is 5.78 Å². The average molecular weight is 407 g/mol. The summed E-state index contributed by atoms with van der Waals surface area (Å²) in [6, 6.07) is 24.9. The second-order valence-corrected chi connectivity index (χ2v) is 8.33. The first-order valence-electron chi connectivity index (χ1n) is 11.0. The highest BCUT2D eigenvalue weighted by Gasteiger charge is 2.28. The van der Waals surface area contributed by atoms with Gasteiger partial charge in [0.25, 0.3) is 0 Å². The third kappa shape index (κ3) is 3.42. The number of ketones is 1. The van der Waals surface area contributed by atoms with Crippen molar-refractivity contribution in [2.45, 2.75) is 32.6 Å². The number of methoxy groups -OCH3 is 1. The van der Waals surface area contributed by atoms with Crippen LogP contribution in [-0.2, 0) is 12.8 Å². The van der Waals surface area contributed by atoms with E-state index in [1.165, 1.54) is 22.3 Å². The Labute approximate surface area is 183 Å². The van der Waals surface area contributed by atoms with Gasteiger partial charge < -0.3 is 4.74 Å². The number of hydrogen-bond donors (Lipinski definition) is 0. The molecule has 0 heterocycles. The van der Waals surface area contributed by atoms with E-state index < -0.39 is 0 Å². The summed E-state index contributed by atoms with van der Waals surface area (Å²) in [6.07, 6.45) is 3.62. The molecule has 3 aromatic rings. The quantitative estimate of drug-likeness (QED) is 0.453. The van der Waals surface area contributed by atoms with Crippen LogP contribution in [0.5, 0.6) is 5.75 Å². The third-order valence-electron chi connectivity index (χ3n) is 6.68. The van der Waals surface area contributed by atoms with Crippen molar-refractivity contribution in [3.63, 3.8) is 0 Å². The Morgan fingerprint density at radius 2 is 1.35 bits per heavy atom. The fraction of sp³-hybridized carbons (Fsp3) is 0.207. The predicted octanol–water partition coefficient (Wildman–Crippen LogP) is 6.70. The van der Waals surface area contributed by atoms with Crippen molar-refractivity contribution in [1.82, 2.24) is 0 Å². The molecular formula is C29H26O2. The van der Waals surface area contributed by atoms with E-state index >= 15 is 0 Å². The van der Waals surface area contributed by atoms with Crippen molar-refractivity contribution in [1.29, 1.82) is 0 Å². The molecule has 154 valence electrons. The summed E-state index contributed by atoms with van der Waals surface area (Å²) in [5.74, 6) is 1.000. The van der Waals surface area contributed by atoms with E-state index in [0.29, 0.717) is 0 Å². The van der Waals surface area contributed by atoms with Crippen LogP contribution in [0.1, 0.15) is 52.4 Å². The molecule has 2 heteroatoms. The van der Waals surface area contributed by atoms with E-state index in [4.69, 9.17) is 4.74 Å². The van der Waals surface area contributed by atoms with Crippen LogP contribution >= 0.6 is 0 Å². The van der Waals surface area contributed by atoms with Gasteiger partial charge in [0.15, 0.2) is 5.78 Å². The van der Waals surface area contributed by atoms with E-state index in [1.54, 1.807) is 7.11 Å². The van der Waals surface area contributed by atoms with E-state index in [9.17, 15) is 4.79 Å². The van der Waals surface area contributed by atoms with Crippen LogP contribution < -0.4 is 4.74 Å². The zero-order valence-corrected chi connectivity index (χ0v) is 18.1. The minimum atomic E-state index is 0.173. The van der Waals surface area contributed by atoms with Crippen LogP contribution in [0.25, 0.3) is 11.1 Å². The van der Waals surface area contributed by atoms with Gasteiger partial charge in [0.05, 0.1) is 7.11 Å². The molecule has 0 saturated heterocycles. The molecule has 0 amide bonds. The van der Waals surface area contributed by atoms with Crippen molar-refractivity contribution in [2.24, 2.45) is 0 Å². The largest absolute Gasteiger partial charge is 0.497 e. The maximum Gasteiger partial charge on any atom is 0.189 e. The Morgan fingerprint density at radius 1 is 0.742 bits per heavy atom. The van der Waals surface area contributed by atoms with Gasteiger partial charge in [0.2, 0.25) is 0 Å². The Morgan fingerprint density at radius 3 is 2.06 bits per heavy atom. The number of hydrogen-bond acceptors (Lipinski definition) is 2. The molecule has 0 aromatic heterocycles. The molecule has 0 saturated carbocycles. The number of aryl methyl sites for hydroxylation is 2. The van der Waals surface area contributed by atoms with Gasteiger partial charge in [0, 0.05) is 11.1 Å². The van der Waals surface area contributed by atoms with E-state index in [0.717, 1.165) is 59.3 Å². The highest BCUT2D eigenvalue weighted by molar-refractivity contribution is 6.17. The molecule has 0 atom stereocenters. The SMILES string of the molecule is COc1ccc(/C(C2=C(C)c3ccccc3CC2)=C2\CCc3ccccc3C2=O)cc1. The summed E-state index contributed by atoms with van der Waals surface area (Å²) in [5.41, 5.74) is 10.4. The van der Waals surface area contributed by atoms with Crippen LogP contribution in [0.2, 0.25) is 0 Å². The van der Waals surface area contributed by atoms with Gasteiger partial charge in [-0.25, -0.2) is 0 Å². The van der Waals surface area contributed by atoms with Crippen molar-refractivity contribution < 1.29 is 9.53 Å². The number of Topliss-reactive ketones (excluding diaryl/α,β-unsaturated/α-hetero) is 1. The number of fused-ring (bicyclic) bond motifs is 2. The lowest BCUT2D eigenvalue weighted by Gasteiger charge is -2.27. The summed E-state index contributed by atoms with van der Waals surface area (Å²) in [7, 11) is 1.68. The van der Waals surface area contributed by atoms with Gasteiger partial charge in [-0.3, -0.25) is 4.79 Å². The fourth-order valence-electron chi connectivity index (χ4n) is 5.05. The normalized spacial score (nSPS) is 17.2. The number of benzene rings is 3. The number of carbonyl (C=O) groups is 1. The Bertz CT molecular complexity index is 1230. The van der Waals surface area contributed by atoms with Gasteiger partial charge in [0.1, 0.15) is 5.75 Å². The molecule has 0 spiro atoms. The molecule has 2 aliphatic carbocycles. The third-order valence-corrected chi connectivity index (χ3v) is 6.68. The number of rotatable bonds is 3. The summed E-state index contributed by atoms with van der Waals surface area (Å²) < 4.78 is 5.38. The first kappa shape index (κ1) is 19.6. The number of carbonyl (C=O) groups excluding carboxylic acids is 1. The average Bonchev–Trinajstić information content (AvgIpc) is 2.83. The lowest BCUT2D eigenvalue weighted by atomic mass is 9.76. The Kier molecular flexibility index (Phi) is 5.07. The van der Waals surface area contributed by atoms with Gasteiger partial charge in [-0.1, -0.05) is 60.7 Å². The maximum atomic E-state index is 13.6. The van der Waals surface area contributed by atoms with Crippen molar-refractivity contribution in [2.75, 3.05) is 7.11 Å². The molecule has 3 aromatic carbocycles. The number of ether oxygens (including phenoxy) is 1. The monoisotopic (exact) mass is 406 g/mol. The molecule has 0 bridgehead atoms. The van der Waals surface area contributed by atoms with Crippen LogP contribution in [0.3, 0.4) is 0 Å². The standard InChI is InChI=1S/C29H26O2/c1-19-24-9-5-3-7-20(24)13-17-25(19)28(22-11-15-23(31-2)16-12-22)27-18-14-21-8-4-6-10-26(21)29(27)30/h3-12,15-16H,13-14,17-18H2,1-2H3/b28-27-. The minimum Gasteiger partial charge on any atom is -0.497 e. The lowest BCUT2D eigenvalue weighted by Crippen LogP contribution is -2.17. The maximum absolute atomic E-state index is 13.6. The molecule has 2 aliphatic rings. The second kappa shape index (κ2) is 8.03. The highest BCUT2D eigenvalue weighted by atomic mass is 16.5. The van der Waals surface area contributed by atoms with Gasteiger partial charge >= 0.3 is 0 Å². The Hall–Kier alpha value is -3.39. The zero-order valence-electron chi connectivity index (χ0n) is 18.1. The topological polar surface area (TPSA) is 26.3 Å². The summed E-state index contributed by atoms with van der Waals surface area (Å²) in [5, 5.41) is 0. The van der Waals surface area contributed by atoms with Crippen molar-refractivity contribution in [3.05, 3.63) is 112 Å². The molecule has 31 heavy (non-hydrogen) atoms. The van der Waals surface area contributed by atoms with Crippen LogP contribution in [0, 0.1) is 0 Å². The van der Waals surface area contributed by atoms with E-state index in [1.807, 2.05) is 30.3 Å². The molecular weight excluding hydrogens is 380 g/mol. The minimum absolute atomic E-state index is 0.173. The molecule has 0 fully saturated rings. The van der Waals surface area contributed by atoms with Gasteiger partial charge in [-0.05, 0) is 83.7 Å². The van der Waals surface area contributed by atoms with Gasteiger partial charge in [-0.15, -0.1) is 0 Å². The van der Waals surface area contributed by atoms with Crippen LogP contribution in [0.4, 0.5) is 0 Å². The summed E-state index contributed by atoms with van der Waals surface area (Å²) >= 11 is 0. The number of allylic oxidation sites excluding steroid dienone is 4. The fourth-order valence-corrected chi connectivity index (χ4v) is 5.05. The molecule has 2 nitrogen and oxygen atoms in total. The second-order valence-electron chi connectivity index (χ2n) is 8.33. The summed E-state index contributed by atoms with van der Waals surface area (Å²) in [6.45, 7) is 2.21. The first-order chi connectivity index (χ1) is 15.2. The lowest BCUT2D eigenvalue weighted by molar-refractivity contribution is 0.102. The zero-order chi connectivity index (χ0) is 21.4. The van der Waals surface area contributed by atoms with Crippen molar-refractivity contribution in [3.8, 4) is 5.75 Å². The van der Waals surface area contributed by atoms with Gasteiger partial charge in [-0.2, -0.15) is 0 Å². The van der Waals surface area contributed by atoms with Crippen molar-refractivity contribution >= 4 is 16.9 Å². The summed E-state index contributed by atoms with van der Waals surface area (Å²) in [4.78, 5) is 13.6. The first-order valence-corrected chi connectivity index (χ1v) is 11.0. The predicted molar refractivity (Wildman–Crippen MR) is 126 cm³/mol. The van der Waals surface area contributed by atoms with E-state index in [2.05, 4.69) is 49.4 Å². The molecule has 0 radical (unpaired) electrons. The molecule has 0 aliphatic heterocycles. The van der Waals surface area contributed by atoms with Crippen LogP contribution in [0.15, 0.2) is 83.9 Å². The Balaban J connectivity index is 1.74. The molecule has 0 N–H and O–H groups in total. The highest BCUT2D eigenvalue weighted by Crippen LogP contribution is 2.42. The molecule has 0 unspecified atom stereocenters. The molecule has 5 rings (SSSR count). The van der Waals surface area contributed by atoms with Crippen LogP contribution in [-0.4, -0.2) is 12.9 Å². The smallest absolute Gasteiger partial charge is 0.189 e.